The number of carbonyl (C=O) groups excluding carboxylic acids is 2. The first-order valence-electron chi connectivity index (χ1n) is 11.1. The minimum absolute atomic E-state index is 0.0532. The van der Waals surface area contributed by atoms with Gasteiger partial charge in [-0.2, -0.15) is 11.3 Å². The van der Waals surface area contributed by atoms with Crippen molar-refractivity contribution in [3.8, 4) is 0 Å². The van der Waals surface area contributed by atoms with E-state index in [0.29, 0.717) is 18.0 Å². The number of likely N-dealkylation sites (tertiary alicyclic amines) is 1. The lowest BCUT2D eigenvalue weighted by atomic mass is 9.84. The smallest absolute Gasteiger partial charge is 0.272 e. The summed E-state index contributed by atoms with van der Waals surface area (Å²) in [5.41, 5.74) is 2.77. The summed E-state index contributed by atoms with van der Waals surface area (Å²) in [6, 6.07) is 17.8. The number of piperidine rings is 1. The summed E-state index contributed by atoms with van der Waals surface area (Å²) in [4.78, 5) is 34.0. The van der Waals surface area contributed by atoms with Crippen LogP contribution in [0.2, 0.25) is 0 Å². The van der Waals surface area contributed by atoms with Gasteiger partial charge in [-0.05, 0) is 65.3 Å². The first-order valence-corrected chi connectivity index (χ1v) is 12.1. The third-order valence-corrected chi connectivity index (χ3v) is 7.09. The maximum Gasteiger partial charge on any atom is 0.272 e. The van der Waals surface area contributed by atoms with Crippen LogP contribution >= 0.6 is 11.3 Å². The monoisotopic (exact) mass is 447 g/mol. The summed E-state index contributed by atoms with van der Waals surface area (Å²) in [5, 5.41) is 4.05. The van der Waals surface area contributed by atoms with Crippen molar-refractivity contribution in [3.63, 3.8) is 0 Å². The van der Waals surface area contributed by atoms with E-state index in [2.05, 4.69) is 17.1 Å². The molecule has 0 spiro atoms. The van der Waals surface area contributed by atoms with Crippen LogP contribution in [0.4, 0.5) is 0 Å². The van der Waals surface area contributed by atoms with E-state index >= 15 is 0 Å². The number of likely N-dealkylation sites (N-methyl/N-ethyl adjacent to an activating group) is 1. The van der Waals surface area contributed by atoms with Gasteiger partial charge < -0.3 is 9.80 Å². The molecule has 2 amide bonds. The van der Waals surface area contributed by atoms with Crippen LogP contribution in [0.3, 0.4) is 0 Å². The molecule has 0 N–H and O–H groups in total. The number of rotatable bonds is 7. The molecule has 0 unspecified atom stereocenters. The summed E-state index contributed by atoms with van der Waals surface area (Å²) >= 11 is 1.62. The Kier molecular flexibility index (Phi) is 7.32. The molecule has 1 saturated heterocycles. The van der Waals surface area contributed by atoms with Crippen molar-refractivity contribution in [2.45, 2.75) is 31.7 Å². The summed E-state index contributed by atoms with van der Waals surface area (Å²) < 4.78 is 0. The van der Waals surface area contributed by atoms with Crippen molar-refractivity contribution < 1.29 is 9.59 Å². The number of carbonyl (C=O) groups is 2. The SMILES string of the molecule is CN(C(=O)c1ccccn1)[C@@H](Cc1ccccc1)C1CCN(C(=O)Cc2ccsc2)CC1. The van der Waals surface area contributed by atoms with E-state index in [4.69, 9.17) is 0 Å². The molecule has 1 fully saturated rings. The van der Waals surface area contributed by atoms with E-state index in [1.165, 1.54) is 5.56 Å². The highest BCUT2D eigenvalue weighted by atomic mass is 32.1. The van der Waals surface area contributed by atoms with Crippen LogP contribution in [0.5, 0.6) is 0 Å². The highest BCUT2D eigenvalue weighted by molar-refractivity contribution is 7.08. The fourth-order valence-electron chi connectivity index (χ4n) is 4.51. The molecule has 1 aliphatic heterocycles. The molecule has 6 heteroatoms. The molecule has 1 aromatic carbocycles. The highest BCUT2D eigenvalue weighted by Crippen LogP contribution is 2.27. The molecule has 1 aliphatic rings. The van der Waals surface area contributed by atoms with E-state index in [1.807, 2.05) is 64.0 Å². The average molecular weight is 448 g/mol. The summed E-state index contributed by atoms with van der Waals surface area (Å²) in [5.74, 6) is 0.472. The number of aromatic nitrogens is 1. The van der Waals surface area contributed by atoms with Crippen molar-refractivity contribution in [3.05, 3.63) is 88.4 Å². The predicted octanol–water partition coefficient (Wildman–Crippen LogP) is 4.31. The molecule has 0 radical (unpaired) electrons. The molecule has 1 atom stereocenters. The molecule has 0 saturated carbocycles. The second kappa shape index (κ2) is 10.6. The maximum absolute atomic E-state index is 13.2. The van der Waals surface area contributed by atoms with Gasteiger partial charge in [-0.1, -0.05) is 36.4 Å². The van der Waals surface area contributed by atoms with Gasteiger partial charge in [0.15, 0.2) is 0 Å². The van der Waals surface area contributed by atoms with Gasteiger partial charge in [0, 0.05) is 32.4 Å². The lowest BCUT2D eigenvalue weighted by Crippen LogP contribution is -2.48. The molecule has 32 heavy (non-hydrogen) atoms. The number of nitrogens with zero attached hydrogens (tertiary/aromatic N) is 3. The van der Waals surface area contributed by atoms with Gasteiger partial charge in [0.05, 0.1) is 6.42 Å². The third-order valence-electron chi connectivity index (χ3n) is 6.36. The van der Waals surface area contributed by atoms with Crippen molar-refractivity contribution in [2.24, 2.45) is 5.92 Å². The van der Waals surface area contributed by atoms with Crippen LogP contribution in [0, 0.1) is 5.92 Å². The van der Waals surface area contributed by atoms with Gasteiger partial charge in [0.1, 0.15) is 5.69 Å². The normalized spacial score (nSPS) is 15.3. The first kappa shape index (κ1) is 22.2. The van der Waals surface area contributed by atoms with Crippen molar-refractivity contribution >= 4 is 23.2 Å². The fourth-order valence-corrected chi connectivity index (χ4v) is 5.18. The third kappa shape index (κ3) is 5.43. The predicted molar refractivity (Wildman–Crippen MR) is 128 cm³/mol. The van der Waals surface area contributed by atoms with Crippen molar-refractivity contribution in [1.29, 1.82) is 0 Å². The van der Waals surface area contributed by atoms with Crippen LogP contribution in [-0.2, 0) is 17.6 Å². The Bertz CT molecular complexity index is 1000. The number of hydrogen-bond acceptors (Lipinski definition) is 4. The van der Waals surface area contributed by atoms with Crippen LogP contribution in [0.1, 0.15) is 34.5 Å². The number of pyridine rings is 1. The van der Waals surface area contributed by atoms with Gasteiger partial charge in [-0.3, -0.25) is 14.6 Å². The lowest BCUT2D eigenvalue weighted by Gasteiger charge is -2.40. The van der Waals surface area contributed by atoms with Crippen molar-refractivity contribution in [2.75, 3.05) is 20.1 Å². The Labute approximate surface area is 193 Å². The Morgan fingerprint density at radius 1 is 1.06 bits per heavy atom. The van der Waals surface area contributed by atoms with Gasteiger partial charge in [0.2, 0.25) is 5.91 Å². The fraction of sp³-hybridized carbons (Fsp3) is 0.346. The number of benzene rings is 1. The quantitative estimate of drug-likeness (QED) is 0.542. The van der Waals surface area contributed by atoms with Crippen LogP contribution < -0.4 is 0 Å². The van der Waals surface area contributed by atoms with Gasteiger partial charge >= 0.3 is 0 Å². The zero-order chi connectivity index (χ0) is 22.3. The molecular weight excluding hydrogens is 418 g/mol. The van der Waals surface area contributed by atoms with E-state index in [-0.39, 0.29) is 17.9 Å². The van der Waals surface area contributed by atoms with Crippen LogP contribution in [0.25, 0.3) is 0 Å². The molecule has 3 heterocycles. The molecule has 4 rings (SSSR count). The second-order valence-corrected chi connectivity index (χ2v) is 9.19. The number of hydrogen-bond donors (Lipinski definition) is 0. The molecule has 2 aromatic heterocycles. The van der Waals surface area contributed by atoms with Crippen LogP contribution in [-0.4, -0.2) is 52.8 Å². The van der Waals surface area contributed by atoms with Gasteiger partial charge in [-0.15, -0.1) is 0 Å². The standard InChI is InChI=1S/C26H29N3O2S/c1-28(26(31)23-9-5-6-13-27-23)24(17-20-7-3-2-4-8-20)22-10-14-29(15-11-22)25(30)18-21-12-16-32-19-21/h2-9,12-13,16,19,22,24H,10-11,14-15,17-18H2,1H3/t24-/m0/s1. The van der Waals surface area contributed by atoms with E-state index in [9.17, 15) is 9.59 Å². The topological polar surface area (TPSA) is 53.5 Å². The Balaban J connectivity index is 1.45. The Morgan fingerprint density at radius 2 is 1.81 bits per heavy atom. The summed E-state index contributed by atoms with van der Waals surface area (Å²) in [6.45, 7) is 1.48. The number of amides is 2. The largest absolute Gasteiger partial charge is 0.342 e. The zero-order valence-corrected chi connectivity index (χ0v) is 19.2. The Hall–Kier alpha value is -2.99. The average Bonchev–Trinajstić information content (AvgIpc) is 3.36. The maximum atomic E-state index is 13.2. The summed E-state index contributed by atoms with van der Waals surface area (Å²) in [7, 11) is 1.89. The molecule has 3 aromatic rings. The highest BCUT2D eigenvalue weighted by Gasteiger charge is 2.33. The molecular formula is C26H29N3O2S. The first-order chi connectivity index (χ1) is 15.6. The molecule has 0 aliphatic carbocycles. The molecule has 0 bridgehead atoms. The molecule has 166 valence electrons. The minimum Gasteiger partial charge on any atom is -0.342 e. The zero-order valence-electron chi connectivity index (χ0n) is 18.4. The van der Waals surface area contributed by atoms with E-state index in [0.717, 1.165) is 37.9 Å². The molecule has 5 nitrogen and oxygen atoms in total. The summed E-state index contributed by atoms with van der Waals surface area (Å²) in [6.07, 6.45) is 4.72. The second-order valence-electron chi connectivity index (χ2n) is 8.41. The van der Waals surface area contributed by atoms with E-state index in [1.54, 1.807) is 23.6 Å². The minimum atomic E-state index is -0.0532. The van der Waals surface area contributed by atoms with Crippen LogP contribution in [0.15, 0.2) is 71.6 Å². The van der Waals surface area contributed by atoms with Gasteiger partial charge in [-0.25, -0.2) is 0 Å². The lowest BCUT2D eigenvalue weighted by molar-refractivity contribution is -0.132. The van der Waals surface area contributed by atoms with Crippen molar-refractivity contribution in [1.82, 2.24) is 14.8 Å². The van der Waals surface area contributed by atoms with Gasteiger partial charge in [0.25, 0.3) is 5.91 Å². The number of thiophene rings is 1. The Morgan fingerprint density at radius 3 is 2.47 bits per heavy atom. The van der Waals surface area contributed by atoms with E-state index < -0.39 is 0 Å².